The van der Waals surface area contributed by atoms with Crippen LogP contribution in [0.2, 0.25) is 0 Å². The van der Waals surface area contributed by atoms with Gasteiger partial charge < -0.3 is 14.7 Å². The van der Waals surface area contributed by atoms with Crippen LogP contribution < -0.4 is 4.90 Å². The lowest BCUT2D eigenvalue weighted by atomic mass is 9.71. The number of piperidine rings is 2. The summed E-state index contributed by atoms with van der Waals surface area (Å²) in [6, 6.07) is 1.82. The summed E-state index contributed by atoms with van der Waals surface area (Å²) in [7, 11) is 1.97. The third kappa shape index (κ3) is 2.64. The quantitative estimate of drug-likeness (QED) is 0.758. The Morgan fingerprint density at radius 1 is 1.04 bits per heavy atom. The maximum atomic E-state index is 13.2. The Morgan fingerprint density at radius 3 is 2.23 bits per heavy atom. The minimum atomic E-state index is -0.252. The van der Waals surface area contributed by atoms with Crippen molar-refractivity contribution >= 4 is 17.8 Å². The topological polar surface area (TPSA) is 69.6 Å². The van der Waals surface area contributed by atoms with Gasteiger partial charge in [-0.05, 0) is 38.2 Å². The van der Waals surface area contributed by atoms with Crippen LogP contribution >= 0.6 is 0 Å². The van der Waals surface area contributed by atoms with E-state index in [1.54, 1.807) is 19.3 Å². The van der Waals surface area contributed by atoms with Crippen LogP contribution in [0, 0.1) is 5.41 Å². The molecule has 3 aliphatic rings. The van der Waals surface area contributed by atoms with Crippen LogP contribution in [0.4, 0.5) is 5.95 Å². The van der Waals surface area contributed by atoms with Gasteiger partial charge in [0.1, 0.15) is 0 Å². The normalized spacial score (nSPS) is 24.5. The molecule has 0 unspecified atom stereocenters. The molecule has 0 N–H and O–H groups in total. The van der Waals surface area contributed by atoms with E-state index in [0.29, 0.717) is 5.91 Å². The van der Waals surface area contributed by atoms with E-state index in [1.165, 1.54) is 0 Å². The molecule has 0 bridgehead atoms. The Balaban J connectivity index is 1.47. The lowest BCUT2D eigenvalue weighted by Gasteiger charge is -2.43. The van der Waals surface area contributed by atoms with E-state index in [1.807, 2.05) is 22.9 Å². The molecule has 7 nitrogen and oxygen atoms in total. The number of aromatic nitrogens is 2. The van der Waals surface area contributed by atoms with Crippen molar-refractivity contribution in [2.45, 2.75) is 44.6 Å². The molecule has 0 aliphatic carbocycles. The van der Waals surface area contributed by atoms with Crippen LogP contribution in [-0.4, -0.2) is 70.3 Å². The van der Waals surface area contributed by atoms with E-state index < -0.39 is 0 Å². The predicted octanol–water partition coefficient (Wildman–Crippen LogP) is 1.31. The second-order valence-corrected chi connectivity index (χ2v) is 8.09. The molecule has 4 rings (SSSR count). The summed E-state index contributed by atoms with van der Waals surface area (Å²) in [5.41, 5.74) is -0.327. The smallest absolute Gasteiger partial charge is 0.229 e. The Kier molecular flexibility index (Phi) is 4.12. The van der Waals surface area contributed by atoms with Gasteiger partial charge in [-0.15, -0.1) is 0 Å². The molecule has 0 saturated carbocycles. The van der Waals surface area contributed by atoms with Crippen LogP contribution in [-0.2, 0) is 9.59 Å². The summed E-state index contributed by atoms with van der Waals surface area (Å²) < 4.78 is 0. The number of hydrogen-bond donors (Lipinski definition) is 0. The highest BCUT2D eigenvalue weighted by molar-refractivity contribution is 5.86. The van der Waals surface area contributed by atoms with Crippen molar-refractivity contribution in [1.29, 1.82) is 0 Å². The lowest BCUT2D eigenvalue weighted by molar-refractivity contribution is -0.138. The first-order valence-electron chi connectivity index (χ1n) is 9.52. The summed E-state index contributed by atoms with van der Waals surface area (Å²) >= 11 is 0. The maximum absolute atomic E-state index is 13.2. The lowest BCUT2D eigenvalue weighted by Crippen LogP contribution is -2.52. The van der Waals surface area contributed by atoms with Crippen molar-refractivity contribution in [3.63, 3.8) is 0 Å². The Bertz CT molecular complexity index is 691. The zero-order chi connectivity index (χ0) is 18.4. The molecule has 140 valence electrons. The Morgan fingerprint density at radius 2 is 1.65 bits per heavy atom. The third-order valence-corrected chi connectivity index (χ3v) is 6.83. The van der Waals surface area contributed by atoms with E-state index >= 15 is 0 Å². The monoisotopic (exact) mass is 357 g/mol. The van der Waals surface area contributed by atoms with Crippen LogP contribution in [0.25, 0.3) is 0 Å². The second-order valence-electron chi connectivity index (χ2n) is 8.09. The standard InChI is InChI=1S/C19H27N5O2/c1-15(25)23-12-6-19(7-13-23)14-18(16(26)22(19)2)4-10-24(11-5-18)17-20-8-3-9-21-17/h3,8-9H,4-7,10-14H2,1-2H3. The van der Waals surface area contributed by atoms with Crippen molar-refractivity contribution < 1.29 is 9.59 Å². The Hall–Kier alpha value is -2.18. The molecule has 0 atom stereocenters. The number of rotatable bonds is 1. The first-order chi connectivity index (χ1) is 12.5. The minimum absolute atomic E-state index is 0.0750. The molecule has 0 radical (unpaired) electrons. The van der Waals surface area contributed by atoms with Gasteiger partial charge in [0.15, 0.2) is 0 Å². The van der Waals surface area contributed by atoms with E-state index in [2.05, 4.69) is 14.9 Å². The number of hydrogen-bond acceptors (Lipinski definition) is 5. The van der Waals surface area contributed by atoms with E-state index in [-0.39, 0.29) is 16.9 Å². The van der Waals surface area contributed by atoms with Crippen molar-refractivity contribution in [2.75, 3.05) is 38.1 Å². The molecular formula is C19H27N5O2. The molecule has 2 amide bonds. The van der Waals surface area contributed by atoms with E-state index in [9.17, 15) is 9.59 Å². The zero-order valence-corrected chi connectivity index (χ0v) is 15.6. The van der Waals surface area contributed by atoms with E-state index in [4.69, 9.17) is 0 Å². The van der Waals surface area contributed by atoms with Gasteiger partial charge >= 0.3 is 0 Å². The van der Waals surface area contributed by atoms with Crippen LogP contribution in [0.5, 0.6) is 0 Å². The summed E-state index contributed by atoms with van der Waals surface area (Å²) in [6.45, 7) is 4.78. The van der Waals surface area contributed by atoms with Crippen molar-refractivity contribution in [3.05, 3.63) is 18.5 Å². The fraction of sp³-hybridized carbons (Fsp3) is 0.684. The summed E-state index contributed by atoms with van der Waals surface area (Å²) in [5.74, 6) is 1.19. The van der Waals surface area contributed by atoms with Gasteiger partial charge in [-0.2, -0.15) is 0 Å². The number of nitrogens with zero attached hydrogens (tertiary/aromatic N) is 5. The molecule has 0 aromatic carbocycles. The van der Waals surface area contributed by atoms with Gasteiger partial charge in [0.2, 0.25) is 17.8 Å². The summed E-state index contributed by atoms with van der Waals surface area (Å²) in [6.07, 6.45) is 7.94. The van der Waals surface area contributed by atoms with Gasteiger partial charge in [-0.25, -0.2) is 9.97 Å². The van der Waals surface area contributed by atoms with Crippen molar-refractivity contribution in [2.24, 2.45) is 5.41 Å². The number of carbonyl (C=O) groups excluding carboxylic acids is 2. The SMILES string of the molecule is CC(=O)N1CCC2(CC1)CC1(CCN(c3ncccn3)CC1)C(=O)N2C. The largest absolute Gasteiger partial charge is 0.343 e. The highest BCUT2D eigenvalue weighted by atomic mass is 16.2. The van der Waals surface area contributed by atoms with E-state index in [0.717, 1.165) is 64.2 Å². The van der Waals surface area contributed by atoms with Crippen LogP contribution in [0.1, 0.15) is 39.0 Å². The number of anilines is 1. The fourth-order valence-corrected chi connectivity index (χ4v) is 5.13. The van der Waals surface area contributed by atoms with Crippen LogP contribution in [0.15, 0.2) is 18.5 Å². The molecule has 2 spiro atoms. The number of carbonyl (C=O) groups is 2. The average Bonchev–Trinajstić information content (AvgIpc) is 2.85. The Labute approximate surface area is 154 Å². The molecule has 3 aliphatic heterocycles. The molecular weight excluding hydrogens is 330 g/mol. The molecule has 7 heteroatoms. The third-order valence-electron chi connectivity index (χ3n) is 6.83. The van der Waals surface area contributed by atoms with Crippen molar-refractivity contribution in [1.82, 2.24) is 19.8 Å². The first-order valence-corrected chi connectivity index (χ1v) is 9.52. The van der Waals surface area contributed by atoms with Gasteiger partial charge in [0.05, 0.1) is 5.41 Å². The van der Waals surface area contributed by atoms with Gasteiger partial charge in [0.25, 0.3) is 0 Å². The molecule has 1 aromatic heterocycles. The van der Waals surface area contributed by atoms with Gasteiger partial charge in [-0.1, -0.05) is 0 Å². The first kappa shape index (κ1) is 17.2. The fourth-order valence-electron chi connectivity index (χ4n) is 5.13. The number of likely N-dealkylation sites (tertiary alicyclic amines) is 2. The highest BCUT2D eigenvalue weighted by Gasteiger charge is 2.58. The molecule has 1 aromatic rings. The minimum Gasteiger partial charge on any atom is -0.343 e. The van der Waals surface area contributed by atoms with Gasteiger partial charge in [0, 0.05) is 58.1 Å². The molecule has 3 fully saturated rings. The molecule has 4 heterocycles. The highest BCUT2D eigenvalue weighted by Crippen LogP contribution is 2.52. The summed E-state index contributed by atoms with van der Waals surface area (Å²) in [5, 5.41) is 0. The van der Waals surface area contributed by atoms with Crippen LogP contribution in [0.3, 0.4) is 0 Å². The van der Waals surface area contributed by atoms with Gasteiger partial charge in [-0.3, -0.25) is 9.59 Å². The molecule has 3 saturated heterocycles. The van der Waals surface area contributed by atoms with Crippen molar-refractivity contribution in [3.8, 4) is 0 Å². The number of amides is 2. The zero-order valence-electron chi connectivity index (χ0n) is 15.6. The second kappa shape index (κ2) is 6.21. The predicted molar refractivity (Wildman–Crippen MR) is 97.5 cm³/mol. The summed E-state index contributed by atoms with van der Waals surface area (Å²) in [4.78, 5) is 39.6. The molecule has 26 heavy (non-hydrogen) atoms. The maximum Gasteiger partial charge on any atom is 0.229 e. The average molecular weight is 357 g/mol.